The largest absolute Gasteiger partial charge is 0.419 e. The summed E-state index contributed by atoms with van der Waals surface area (Å²) in [5.74, 6) is -1.22. The molecule has 18 heavy (non-hydrogen) atoms. The van der Waals surface area contributed by atoms with Gasteiger partial charge in [0, 0.05) is 25.7 Å². The molecule has 1 atom stereocenters. The van der Waals surface area contributed by atoms with Crippen LogP contribution in [0.2, 0.25) is 0 Å². The summed E-state index contributed by atoms with van der Waals surface area (Å²) in [6.07, 6.45) is -4.67. The number of alkyl halides is 3. The van der Waals surface area contributed by atoms with E-state index in [0.717, 1.165) is 6.07 Å². The first-order valence-corrected chi connectivity index (χ1v) is 5.30. The summed E-state index contributed by atoms with van der Waals surface area (Å²) >= 11 is 0. The molecule has 0 spiro atoms. The predicted molar refractivity (Wildman–Crippen MR) is 62.3 cm³/mol. The van der Waals surface area contributed by atoms with Crippen LogP contribution in [0, 0.1) is 5.82 Å². The zero-order chi connectivity index (χ0) is 12.5. The Morgan fingerprint density at radius 2 is 1.89 bits per heavy atom. The maximum Gasteiger partial charge on any atom is 0.419 e. The highest BCUT2D eigenvalue weighted by molar-refractivity contribution is 5.85. The first kappa shape index (κ1) is 15.2. The number of halogens is 5. The maximum absolute atomic E-state index is 13.3. The van der Waals surface area contributed by atoms with E-state index in [1.807, 2.05) is 0 Å². The summed E-state index contributed by atoms with van der Waals surface area (Å²) in [6.45, 7) is 1.64. The Kier molecular flexibility index (Phi) is 4.95. The van der Waals surface area contributed by atoms with Gasteiger partial charge in [-0.05, 0) is 11.6 Å². The second-order valence-electron chi connectivity index (χ2n) is 3.91. The third kappa shape index (κ3) is 3.13. The van der Waals surface area contributed by atoms with Gasteiger partial charge in [-0.15, -0.1) is 12.4 Å². The van der Waals surface area contributed by atoms with Gasteiger partial charge in [-0.3, -0.25) is 0 Å². The minimum atomic E-state index is -4.67. The fraction of sp³-hybridized carbons (Fsp3) is 0.455. The molecule has 0 aromatic heterocycles. The lowest BCUT2D eigenvalue weighted by atomic mass is 9.98. The summed E-state index contributed by atoms with van der Waals surface area (Å²) in [5.41, 5.74) is -1.20. The summed E-state index contributed by atoms with van der Waals surface area (Å²) in [6, 6.07) is 2.95. The molecule has 0 amide bonds. The summed E-state index contributed by atoms with van der Waals surface area (Å²) in [4.78, 5) is 0. The fourth-order valence-corrected chi connectivity index (χ4v) is 2.00. The summed E-state index contributed by atoms with van der Waals surface area (Å²) < 4.78 is 51.7. The molecule has 2 N–H and O–H groups in total. The third-order valence-electron chi connectivity index (χ3n) is 2.75. The van der Waals surface area contributed by atoms with Gasteiger partial charge in [0.05, 0.1) is 5.56 Å². The van der Waals surface area contributed by atoms with Crippen LogP contribution in [0.3, 0.4) is 0 Å². The molecule has 102 valence electrons. The fourth-order valence-electron chi connectivity index (χ4n) is 2.00. The Labute approximate surface area is 108 Å². The standard InChI is InChI=1S/C11H12F4N2.ClH/c12-8-3-1-2-7(10(8)11(13,14)15)9-6-16-4-5-17-9;/h1-3,9,16-17H,4-6H2;1H/t9-;/m0./s1. The Balaban J connectivity index is 0.00000162. The quantitative estimate of drug-likeness (QED) is 0.774. The van der Waals surface area contributed by atoms with Crippen molar-refractivity contribution in [1.29, 1.82) is 0 Å². The van der Waals surface area contributed by atoms with E-state index in [1.165, 1.54) is 12.1 Å². The number of benzene rings is 1. The topological polar surface area (TPSA) is 24.1 Å². The molecule has 1 aromatic carbocycles. The van der Waals surface area contributed by atoms with Gasteiger partial charge < -0.3 is 10.6 Å². The molecule has 0 radical (unpaired) electrons. The van der Waals surface area contributed by atoms with E-state index in [2.05, 4.69) is 10.6 Å². The van der Waals surface area contributed by atoms with Crippen LogP contribution in [0.4, 0.5) is 17.6 Å². The highest BCUT2D eigenvalue weighted by Crippen LogP contribution is 2.36. The van der Waals surface area contributed by atoms with Crippen LogP contribution in [0.1, 0.15) is 17.2 Å². The zero-order valence-corrected chi connectivity index (χ0v) is 10.2. The molecule has 1 aromatic rings. The Morgan fingerprint density at radius 1 is 1.17 bits per heavy atom. The van der Waals surface area contributed by atoms with E-state index in [0.29, 0.717) is 19.6 Å². The SMILES string of the molecule is Cl.Fc1cccc([C@@H]2CNCCN2)c1C(F)(F)F. The van der Waals surface area contributed by atoms with Crippen LogP contribution >= 0.6 is 12.4 Å². The van der Waals surface area contributed by atoms with E-state index in [4.69, 9.17) is 0 Å². The van der Waals surface area contributed by atoms with Crippen molar-refractivity contribution in [3.8, 4) is 0 Å². The van der Waals surface area contributed by atoms with E-state index in [9.17, 15) is 17.6 Å². The van der Waals surface area contributed by atoms with Crippen molar-refractivity contribution in [2.45, 2.75) is 12.2 Å². The van der Waals surface area contributed by atoms with Gasteiger partial charge in [-0.25, -0.2) is 4.39 Å². The first-order valence-electron chi connectivity index (χ1n) is 5.30. The molecule has 0 bridgehead atoms. The summed E-state index contributed by atoms with van der Waals surface area (Å²) in [7, 11) is 0. The molecule has 1 fully saturated rings. The maximum atomic E-state index is 13.3. The molecule has 1 saturated heterocycles. The average molecular weight is 285 g/mol. The predicted octanol–water partition coefficient (Wildman–Crippen LogP) is 2.50. The van der Waals surface area contributed by atoms with Gasteiger partial charge in [0.25, 0.3) is 0 Å². The molecule has 1 aliphatic heterocycles. The van der Waals surface area contributed by atoms with Crippen LogP contribution in [0.15, 0.2) is 18.2 Å². The van der Waals surface area contributed by atoms with Gasteiger partial charge in [0.15, 0.2) is 0 Å². The number of hydrogen-bond acceptors (Lipinski definition) is 2. The van der Waals surface area contributed by atoms with Gasteiger partial charge in [0.2, 0.25) is 0 Å². The summed E-state index contributed by atoms with van der Waals surface area (Å²) in [5, 5.41) is 5.93. The van der Waals surface area contributed by atoms with Crippen molar-refractivity contribution in [3.63, 3.8) is 0 Å². The van der Waals surface area contributed by atoms with E-state index in [1.54, 1.807) is 0 Å². The molecular formula is C11H13ClF4N2. The second kappa shape index (κ2) is 5.86. The van der Waals surface area contributed by atoms with Crippen LogP contribution in [0.25, 0.3) is 0 Å². The molecule has 1 heterocycles. The number of rotatable bonds is 1. The van der Waals surface area contributed by atoms with E-state index in [-0.39, 0.29) is 18.0 Å². The zero-order valence-electron chi connectivity index (χ0n) is 9.35. The van der Waals surface area contributed by atoms with Crippen molar-refractivity contribution in [3.05, 3.63) is 35.1 Å². The minimum absolute atomic E-state index is 0. The number of hydrogen-bond donors (Lipinski definition) is 2. The van der Waals surface area contributed by atoms with Crippen molar-refractivity contribution in [2.24, 2.45) is 0 Å². The van der Waals surface area contributed by atoms with Gasteiger partial charge in [-0.1, -0.05) is 12.1 Å². The minimum Gasteiger partial charge on any atom is -0.314 e. The Morgan fingerprint density at radius 3 is 2.44 bits per heavy atom. The molecule has 0 unspecified atom stereocenters. The monoisotopic (exact) mass is 284 g/mol. The molecule has 2 rings (SSSR count). The van der Waals surface area contributed by atoms with Crippen LogP contribution in [0.5, 0.6) is 0 Å². The molecule has 1 aliphatic rings. The lowest BCUT2D eigenvalue weighted by molar-refractivity contribution is -0.140. The lowest BCUT2D eigenvalue weighted by Crippen LogP contribution is -2.43. The van der Waals surface area contributed by atoms with E-state index >= 15 is 0 Å². The van der Waals surface area contributed by atoms with Crippen LogP contribution in [-0.4, -0.2) is 19.6 Å². The highest BCUT2D eigenvalue weighted by Gasteiger charge is 2.38. The third-order valence-corrected chi connectivity index (χ3v) is 2.75. The molecular weight excluding hydrogens is 272 g/mol. The molecule has 0 saturated carbocycles. The normalized spacial score (nSPS) is 20.3. The van der Waals surface area contributed by atoms with Crippen molar-refractivity contribution >= 4 is 12.4 Å². The average Bonchev–Trinajstić information content (AvgIpc) is 2.28. The molecule has 2 nitrogen and oxygen atoms in total. The smallest absolute Gasteiger partial charge is 0.314 e. The van der Waals surface area contributed by atoms with Gasteiger partial charge in [0.1, 0.15) is 5.82 Å². The van der Waals surface area contributed by atoms with Gasteiger partial charge >= 0.3 is 6.18 Å². The Hall–Kier alpha value is -0.850. The van der Waals surface area contributed by atoms with Gasteiger partial charge in [-0.2, -0.15) is 13.2 Å². The van der Waals surface area contributed by atoms with Crippen molar-refractivity contribution in [2.75, 3.05) is 19.6 Å². The lowest BCUT2D eigenvalue weighted by Gasteiger charge is -2.27. The van der Waals surface area contributed by atoms with Crippen LogP contribution in [-0.2, 0) is 6.18 Å². The second-order valence-corrected chi connectivity index (χ2v) is 3.91. The number of nitrogens with one attached hydrogen (secondary N) is 2. The molecule has 0 aliphatic carbocycles. The van der Waals surface area contributed by atoms with Crippen molar-refractivity contribution in [1.82, 2.24) is 10.6 Å². The molecule has 7 heteroatoms. The van der Waals surface area contributed by atoms with Crippen molar-refractivity contribution < 1.29 is 17.6 Å². The first-order chi connectivity index (χ1) is 8.00. The van der Waals surface area contributed by atoms with E-state index < -0.39 is 23.6 Å². The number of piperazine rings is 1. The highest BCUT2D eigenvalue weighted by atomic mass is 35.5. The Bertz CT molecular complexity index is 403. The van der Waals surface area contributed by atoms with Crippen LogP contribution < -0.4 is 10.6 Å².